The summed E-state index contributed by atoms with van der Waals surface area (Å²) in [5.41, 5.74) is 3.61. The van der Waals surface area contributed by atoms with Crippen LogP contribution in [0.4, 0.5) is 17.3 Å². The molecule has 4 rings (SSSR count). The minimum Gasteiger partial charge on any atom is -0.454 e. The summed E-state index contributed by atoms with van der Waals surface area (Å²) in [5.74, 6) is 2.17. The van der Waals surface area contributed by atoms with Gasteiger partial charge in [0, 0.05) is 39.3 Å². The zero-order valence-corrected chi connectivity index (χ0v) is 21.2. The molecular weight excluding hydrogens is 460 g/mol. The van der Waals surface area contributed by atoms with Gasteiger partial charge in [0.1, 0.15) is 6.33 Å². The smallest absolute Gasteiger partial charge is 0.353 e. The van der Waals surface area contributed by atoms with Crippen molar-refractivity contribution in [1.82, 2.24) is 14.9 Å². The van der Waals surface area contributed by atoms with Crippen LogP contribution in [0.2, 0.25) is 0 Å². The highest BCUT2D eigenvalue weighted by Crippen LogP contribution is 2.34. The lowest BCUT2D eigenvalue weighted by Crippen LogP contribution is -2.46. The molecule has 0 unspecified atom stereocenters. The summed E-state index contributed by atoms with van der Waals surface area (Å²) >= 11 is 0. The van der Waals surface area contributed by atoms with E-state index in [1.807, 2.05) is 23.1 Å². The van der Waals surface area contributed by atoms with E-state index in [-0.39, 0.29) is 23.2 Å². The van der Waals surface area contributed by atoms with Gasteiger partial charge in [0.25, 0.3) is 0 Å². The van der Waals surface area contributed by atoms with E-state index >= 15 is 0 Å². The number of aromatic nitrogens is 2. The van der Waals surface area contributed by atoms with Gasteiger partial charge in [0.15, 0.2) is 11.5 Å². The first-order valence-corrected chi connectivity index (χ1v) is 12.3. The van der Waals surface area contributed by atoms with Crippen LogP contribution in [-0.2, 0) is 6.54 Å². The Labute approximate surface area is 211 Å². The molecule has 10 nitrogen and oxygen atoms in total. The molecule has 10 heteroatoms. The minimum absolute atomic E-state index is 0.0719. The normalized spacial score (nSPS) is 15.6. The van der Waals surface area contributed by atoms with Crippen molar-refractivity contribution >= 4 is 17.3 Å². The van der Waals surface area contributed by atoms with Crippen molar-refractivity contribution in [2.24, 2.45) is 0 Å². The number of rotatable bonds is 10. The van der Waals surface area contributed by atoms with Gasteiger partial charge in [0.05, 0.1) is 4.92 Å². The second-order valence-electron chi connectivity index (χ2n) is 9.35. The van der Waals surface area contributed by atoms with Crippen LogP contribution in [0.15, 0.2) is 47.8 Å². The molecule has 1 aromatic carbocycles. The van der Waals surface area contributed by atoms with Gasteiger partial charge >= 0.3 is 5.69 Å². The molecular formula is C26H34N6O4. The molecule has 0 amide bonds. The van der Waals surface area contributed by atoms with E-state index in [2.05, 4.69) is 53.1 Å². The number of fused-ring (bicyclic) bond motifs is 1. The zero-order valence-electron chi connectivity index (χ0n) is 21.2. The van der Waals surface area contributed by atoms with Crippen LogP contribution in [0.3, 0.4) is 0 Å². The molecule has 0 aliphatic carbocycles. The summed E-state index contributed by atoms with van der Waals surface area (Å²) in [6.07, 6.45) is 7.61. The van der Waals surface area contributed by atoms with E-state index in [9.17, 15) is 10.1 Å². The third-order valence-corrected chi connectivity index (χ3v) is 6.31. The fraction of sp³-hybridized carbons (Fsp3) is 0.462. The summed E-state index contributed by atoms with van der Waals surface area (Å²) in [5, 5.41) is 15.1. The number of piperazine rings is 1. The predicted molar refractivity (Wildman–Crippen MR) is 140 cm³/mol. The molecule has 3 heterocycles. The van der Waals surface area contributed by atoms with E-state index in [0.29, 0.717) is 25.5 Å². The predicted octanol–water partition coefficient (Wildman–Crippen LogP) is 4.54. The Bertz CT molecular complexity index is 1140. The van der Waals surface area contributed by atoms with Crippen LogP contribution >= 0.6 is 0 Å². The molecule has 2 aromatic rings. The van der Waals surface area contributed by atoms with Gasteiger partial charge in [-0.2, -0.15) is 0 Å². The van der Waals surface area contributed by atoms with Gasteiger partial charge in [-0.15, -0.1) is 0 Å². The van der Waals surface area contributed by atoms with Crippen molar-refractivity contribution in [1.29, 1.82) is 0 Å². The SMILES string of the molecule is CC(C)=CCC/C(C)=C/CNc1ncnc(N2CCN(Cc3ccc4c(c3)OCO4)CC2)c1[N+](=O)[O-]. The number of benzene rings is 1. The Kier molecular flexibility index (Phi) is 8.37. The molecule has 0 atom stereocenters. The fourth-order valence-electron chi connectivity index (χ4n) is 4.33. The molecule has 0 bridgehead atoms. The van der Waals surface area contributed by atoms with Crippen molar-refractivity contribution in [3.05, 3.63) is 63.5 Å². The Balaban J connectivity index is 1.36. The van der Waals surface area contributed by atoms with E-state index < -0.39 is 0 Å². The number of allylic oxidation sites excluding steroid dienone is 3. The van der Waals surface area contributed by atoms with Crippen molar-refractivity contribution in [3.63, 3.8) is 0 Å². The van der Waals surface area contributed by atoms with Gasteiger partial charge in [-0.05, 0) is 51.3 Å². The largest absolute Gasteiger partial charge is 0.454 e. The van der Waals surface area contributed by atoms with Crippen molar-refractivity contribution in [3.8, 4) is 11.5 Å². The molecule has 1 fully saturated rings. The van der Waals surface area contributed by atoms with Crippen LogP contribution in [0.25, 0.3) is 0 Å². The topological polar surface area (TPSA) is 106 Å². The highest BCUT2D eigenvalue weighted by Gasteiger charge is 2.29. The molecule has 1 aromatic heterocycles. The van der Waals surface area contributed by atoms with Crippen LogP contribution in [-0.4, -0.2) is 59.3 Å². The van der Waals surface area contributed by atoms with Crippen LogP contribution in [0.5, 0.6) is 11.5 Å². The van der Waals surface area contributed by atoms with Gasteiger partial charge in [-0.3, -0.25) is 15.0 Å². The number of nitrogens with one attached hydrogen (secondary N) is 1. The molecule has 192 valence electrons. The Hall–Kier alpha value is -3.66. The van der Waals surface area contributed by atoms with Crippen molar-refractivity contribution in [2.75, 3.05) is 49.7 Å². The van der Waals surface area contributed by atoms with E-state index in [1.165, 1.54) is 17.5 Å². The Morgan fingerprint density at radius 1 is 1.11 bits per heavy atom. The maximum absolute atomic E-state index is 12.0. The third-order valence-electron chi connectivity index (χ3n) is 6.31. The molecule has 0 spiro atoms. The van der Waals surface area contributed by atoms with E-state index in [0.717, 1.165) is 49.5 Å². The minimum atomic E-state index is -0.387. The second kappa shape index (κ2) is 11.9. The second-order valence-corrected chi connectivity index (χ2v) is 9.35. The number of anilines is 2. The van der Waals surface area contributed by atoms with E-state index in [1.54, 1.807) is 0 Å². The first-order chi connectivity index (χ1) is 17.4. The maximum Gasteiger partial charge on any atom is 0.353 e. The number of nitro groups is 1. The number of hydrogen-bond donors (Lipinski definition) is 1. The lowest BCUT2D eigenvalue weighted by atomic mass is 10.1. The van der Waals surface area contributed by atoms with Crippen molar-refractivity contribution < 1.29 is 14.4 Å². The molecule has 36 heavy (non-hydrogen) atoms. The molecule has 0 radical (unpaired) electrons. The highest BCUT2D eigenvalue weighted by atomic mass is 16.7. The molecule has 1 N–H and O–H groups in total. The summed E-state index contributed by atoms with van der Waals surface area (Å²) in [6.45, 7) is 10.6. The number of hydrogen-bond acceptors (Lipinski definition) is 9. The first-order valence-electron chi connectivity index (χ1n) is 12.3. The Morgan fingerprint density at radius 3 is 2.64 bits per heavy atom. The standard InChI is InChI=1S/C26H34N6O4/c1-19(2)5-4-6-20(3)9-10-27-25-24(32(33)34)26(29-17-28-25)31-13-11-30(12-14-31)16-21-7-8-22-23(15-21)36-18-35-22/h5,7-9,15,17H,4,6,10-14,16,18H2,1-3H3,(H,27,28,29)/b20-9+. The first kappa shape index (κ1) is 25.4. The summed E-state index contributed by atoms with van der Waals surface area (Å²) in [6, 6.07) is 6.00. The lowest BCUT2D eigenvalue weighted by molar-refractivity contribution is -0.383. The average Bonchev–Trinajstić information content (AvgIpc) is 3.32. The van der Waals surface area contributed by atoms with Gasteiger partial charge < -0.3 is 19.7 Å². The molecule has 2 aliphatic rings. The van der Waals surface area contributed by atoms with Gasteiger partial charge in [-0.25, -0.2) is 9.97 Å². The summed E-state index contributed by atoms with van der Waals surface area (Å²) in [7, 11) is 0. The van der Waals surface area contributed by atoms with Crippen molar-refractivity contribution in [2.45, 2.75) is 40.2 Å². The molecule has 2 aliphatic heterocycles. The third kappa shape index (κ3) is 6.51. The Morgan fingerprint density at radius 2 is 1.89 bits per heavy atom. The van der Waals surface area contributed by atoms with Gasteiger partial charge in [-0.1, -0.05) is 29.4 Å². The average molecular weight is 495 g/mol. The van der Waals surface area contributed by atoms with Crippen LogP contribution in [0.1, 0.15) is 39.2 Å². The van der Waals surface area contributed by atoms with E-state index in [4.69, 9.17) is 9.47 Å². The number of ether oxygens (including phenoxy) is 2. The number of nitrogens with zero attached hydrogens (tertiary/aromatic N) is 5. The van der Waals surface area contributed by atoms with Crippen LogP contribution in [0, 0.1) is 10.1 Å². The quantitative estimate of drug-likeness (QED) is 0.289. The highest BCUT2D eigenvalue weighted by molar-refractivity contribution is 5.70. The van der Waals surface area contributed by atoms with Crippen LogP contribution < -0.4 is 19.7 Å². The lowest BCUT2D eigenvalue weighted by Gasteiger charge is -2.35. The monoisotopic (exact) mass is 494 g/mol. The zero-order chi connectivity index (χ0) is 25.5. The summed E-state index contributed by atoms with van der Waals surface area (Å²) in [4.78, 5) is 24.4. The molecule has 0 saturated carbocycles. The summed E-state index contributed by atoms with van der Waals surface area (Å²) < 4.78 is 10.9. The fourth-order valence-corrected chi connectivity index (χ4v) is 4.33. The maximum atomic E-state index is 12.0. The van der Waals surface area contributed by atoms with Gasteiger partial charge in [0.2, 0.25) is 18.4 Å². The molecule has 1 saturated heterocycles.